The number of aldehydes is 1. The number of hydrogen-bond acceptors (Lipinski definition) is 3. The average Bonchev–Trinajstić information content (AvgIpc) is 2.24. The lowest BCUT2D eigenvalue weighted by Crippen LogP contribution is -2.54. The summed E-state index contributed by atoms with van der Waals surface area (Å²) >= 11 is 0. The molecule has 18 heavy (non-hydrogen) atoms. The van der Waals surface area contributed by atoms with E-state index in [1.807, 2.05) is 25.7 Å². The minimum atomic E-state index is -0.472. The van der Waals surface area contributed by atoms with Gasteiger partial charge in [-0.3, -0.25) is 0 Å². The van der Waals surface area contributed by atoms with E-state index in [0.717, 1.165) is 38.5 Å². The van der Waals surface area contributed by atoms with Crippen LogP contribution < -0.4 is 0 Å². The van der Waals surface area contributed by atoms with Crippen LogP contribution in [0.25, 0.3) is 0 Å². The van der Waals surface area contributed by atoms with E-state index in [1.165, 1.54) is 0 Å². The molecule has 0 aromatic heterocycles. The van der Waals surface area contributed by atoms with Crippen LogP contribution in [0.1, 0.15) is 59.8 Å². The van der Waals surface area contributed by atoms with Crippen molar-refractivity contribution in [2.45, 2.75) is 70.9 Å². The molecule has 1 rings (SSSR count). The van der Waals surface area contributed by atoms with E-state index in [-0.39, 0.29) is 11.6 Å². The van der Waals surface area contributed by atoms with Gasteiger partial charge in [-0.15, -0.1) is 0 Å². The number of likely N-dealkylation sites (tertiary alicyclic amines) is 1. The zero-order valence-electron chi connectivity index (χ0n) is 12.0. The van der Waals surface area contributed by atoms with Gasteiger partial charge >= 0.3 is 6.09 Å². The summed E-state index contributed by atoms with van der Waals surface area (Å²) in [5.74, 6) is 0. The number of amides is 1. The van der Waals surface area contributed by atoms with Crippen LogP contribution in [-0.2, 0) is 9.53 Å². The predicted molar refractivity (Wildman–Crippen MR) is 70.5 cm³/mol. The molecule has 0 aliphatic carbocycles. The second kappa shape index (κ2) is 5.72. The number of ether oxygens (including phenoxy) is 1. The minimum Gasteiger partial charge on any atom is -0.444 e. The highest BCUT2D eigenvalue weighted by Gasteiger charge is 2.38. The summed E-state index contributed by atoms with van der Waals surface area (Å²) in [6.45, 7) is 8.40. The van der Waals surface area contributed by atoms with Crippen molar-refractivity contribution in [3.8, 4) is 0 Å². The average molecular weight is 255 g/mol. The Morgan fingerprint density at radius 3 is 2.61 bits per heavy atom. The Balaban J connectivity index is 2.75. The van der Waals surface area contributed by atoms with Gasteiger partial charge in [0.2, 0.25) is 0 Å². The number of carbonyl (C=O) groups is 2. The van der Waals surface area contributed by atoms with Gasteiger partial charge in [-0.25, -0.2) is 4.79 Å². The van der Waals surface area contributed by atoms with E-state index in [1.54, 1.807) is 0 Å². The topological polar surface area (TPSA) is 46.6 Å². The summed E-state index contributed by atoms with van der Waals surface area (Å²) in [4.78, 5) is 24.6. The molecular formula is C14H25NO3. The van der Waals surface area contributed by atoms with Crippen molar-refractivity contribution in [1.82, 2.24) is 4.90 Å². The Kier molecular flexibility index (Phi) is 4.77. The van der Waals surface area contributed by atoms with Gasteiger partial charge in [0, 0.05) is 18.5 Å². The predicted octanol–water partition coefficient (Wildman–Crippen LogP) is 3.15. The summed E-state index contributed by atoms with van der Waals surface area (Å²) in [5, 5.41) is 0. The third-order valence-electron chi connectivity index (χ3n) is 3.41. The van der Waals surface area contributed by atoms with E-state index in [9.17, 15) is 9.59 Å². The van der Waals surface area contributed by atoms with Crippen LogP contribution in [0.5, 0.6) is 0 Å². The van der Waals surface area contributed by atoms with E-state index >= 15 is 0 Å². The molecular weight excluding hydrogens is 230 g/mol. The Morgan fingerprint density at radius 1 is 1.39 bits per heavy atom. The lowest BCUT2D eigenvalue weighted by Gasteiger charge is -2.45. The van der Waals surface area contributed by atoms with Gasteiger partial charge in [-0.05, 0) is 53.4 Å². The number of piperidine rings is 1. The van der Waals surface area contributed by atoms with E-state index < -0.39 is 5.60 Å². The normalized spacial score (nSPS) is 24.8. The molecule has 1 amide bonds. The lowest BCUT2D eigenvalue weighted by atomic mass is 9.85. The summed E-state index contributed by atoms with van der Waals surface area (Å²) < 4.78 is 5.45. The molecule has 0 aromatic rings. The van der Waals surface area contributed by atoms with Crippen LogP contribution in [0.4, 0.5) is 4.79 Å². The Bertz CT molecular complexity index is 309. The van der Waals surface area contributed by atoms with Crippen molar-refractivity contribution in [2.24, 2.45) is 0 Å². The first-order valence-electron chi connectivity index (χ1n) is 6.73. The summed E-state index contributed by atoms with van der Waals surface area (Å²) in [6.07, 6.45) is 4.94. The molecule has 0 spiro atoms. The van der Waals surface area contributed by atoms with Gasteiger partial charge in [0.25, 0.3) is 0 Å². The Morgan fingerprint density at radius 2 is 2.06 bits per heavy atom. The third kappa shape index (κ3) is 4.00. The molecule has 1 unspecified atom stereocenters. The van der Waals surface area contributed by atoms with Gasteiger partial charge in [0.15, 0.2) is 0 Å². The molecule has 0 radical (unpaired) electrons. The molecule has 1 aliphatic rings. The molecule has 4 nitrogen and oxygen atoms in total. The van der Waals surface area contributed by atoms with Crippen molar-refractivity contribution >= 4 is 12.4 Å². The maximum Gasteiger partial charge on any atom is 0.410 e. The molecule has 0 saturated carbocycles. The molecule has 1 atom stereocenters. The zero-order chi connectivity index (χ0) is 13.8. The highest BCUT2D eigenvalue weighted by molar-refractivity contribution is 5.69. The van der Waals surface area contributed by atoms with Crippen LogP contribution in [-0.4, -0.2) is 35.0 Å². The molecule has 4 heteroatoms. The molecule has 0 aromatic carbocycles. The highest BCUT2D eigenvalue weighted by atomic mass is 16.6. The monoisotopic (exact) mass is 255 g/mol. The van der Waals surface area contributed by atoms with Gasteiger partial charge in [0.05, 0.1) is 0 Å². The molecule has 104 valence electrons. The standard InChI is InChI=1S/C14H25NO3/c1-13(2,3)18-12(17)15-10-6-5-8-14(15,4)9-7-11-16/h11H,5-10H2,1-4H3. The van der Waals surface area contributed by atoms with Crippen molar-refractivity contribution in [2.75, 3.05) is 6.54 Å². The third-order valence-corrected chi connectivity index (χ3v) is 3.41. The van der Waals surface area contributed by atoms with Crippen molar-refractivity contribution in [3.05, 3.63) is 0 Å². The number of nitrogens with zero attached hydrogens (tertiary/aromatic N) is 1. The summed E-state index contributed by atoms with van der Waals surface area (Å²) in [7, 11) is 0. The minimum absolute atomic E-state index is 0.235. The number of hydrogen-bond donors (Lipinski definition) is 0. The van der Waals surface area contributed by atoms with Gasteiger partial charge in [-0.1, -0.05) is 0 Å². The van der Waals surface area contributed by atoms with Crippen molar-refractivity contribution < 1.29 is 14.3 Å². The molecule has 0 N–H and O–H groups in total. The SMILES string of the molecule is CC(C)(C)OC(=O)N1CCCCC1(C)CCC=O. The van der Waals surface area contributed by atoms with Crippen LogP contribution in [0, 0.1) is 0 Å². The first-order chi connectivity index (χ1) is 8.28. The van der Waals surface area contributed by atoms with Gasteiger partial charge < -0.3 is 14.4 Å². The maximum absolute atomic E-state index is 12.2. The van der Waals surface area contributed by atoms with Crippen LogP contribution in [0.2, 0.25) is 0 Å². The van der Waals surface area contributed by atoms with E-state index in [0.29, 0.717) is 6.42 Å². The van der Waals surface area contributed by atoms with Crippen LogP contribution in [0.3, 0.4) is 0 Å². The quantitative estimate of drug-likeness (QED) is 0.728. The van der Waals surface area contributed by atoms with Crippen LogP contribution in [0.15, 0.2) is 0 Å². The molecule has 1 heterocycles. The largest absolute Gasteiger partial charge is 0.444 e. The van der Waals surface area contributed by atoms with Crippen molar-refractivity contribution in [1.29, 1.82) is 0 Å². The fourth-order valence-electron chi connectivity index (χ4n) is 2.44. The van der Waals surface area contributed by atoms with Crippen LogP contribution >= 0.6 is 0 Å². The zero-order valence-corrected chi connectivity index (χ0v) is 12.0. The molecule has 1 fully saturated rings. The maximum atomic E-state index is 12.2. The smallest absolute Gasteiger partial charge is 0.410 e. The Hall–Kier alpha value is -1.06. The fraction of sp³-hybridized carbons (Fsp3) is 0.857. The number of carbonyl (C=O) groups excluding carboxylic acids is 2. The summed E-state index contributed by atoms with van der Waals surface area (Å²) in [5.41, 5.74) is -0.707. The second-order valence-electron chi connectivity index (χ2n) is 6.29. The van der Waals surface area contributed by atoms with Gasteiger partial charge in [-0.2, -0.15) is 0 Å². The first-order valence-corrected chi connectivity index (χ1v) is 6.73. The van der Waals surface area contributed by atoms with E-state index in [4.69, 9.17) is 4.74 Å². The summed E-state index contributed by atoms with van der Waals surface area (Å²) in [6, 6.07) is 0. The molecule has 0 bridgehead atoms. The van der Waals surface area contributed by atoms with Crippen molar-refractivity contribution in [3.63, 3.8) is 0 Å². The Labute approximate surface area is 110 Å². The first kappa shape index (κ1) is 15.0. The molecule has 1 saturated heterocycles. The lowest BCUT2D eigenvalue weighted by molar-refractivity contribution is -0.108. The molecule has 1 aliphatic heterocycles. The van der Waals surface area contributed by atoms with Gasteiger partial charge in [0.1, 0.15) is 11.9 Å². The number of rotatable bonds is 3. The highest BCUT2D eigenvalue weighted by Crippen LogP contribution is 2.33. The van der Waals surface area contributed by atoms with E-state index in [2.05, 4.69) is 6.92 Å². The fourth-order valence-corrected chi connectivity index (χ4v) is 2.44. The second-order valence-corrected chi connectivity index (χ2v) is 6.29.